The zero-order chi connectivity index (χ0) is 28.8. The molecule has 4 rings (SSSR count). The van der Waals surface area contributed by atoms with Crippen LogP contribution in [0.15, 0.2) is 41.2 Å². The molecule has 1 aliphatic heterocycles. The van der Waals surface area contributed by atoms with Crippen LogP contribution >= 0.6 is 0 Å². The first-order valence-corrected chi connectivity index (χ1v) is 12.3. The molecule has 12 heteroatoms. The number of rotatable bonds is 6. The minimum Gasteiger partial charge on any atom is -0.465 e. The number of hydrogen-bond acceptors (Lipinski definition) is 5. The molecule has 1 unspecified atom stereocenters. The van der Waals surface area contributed by atoms with Gasteiger partial charge in [0.15, 0.2) is 0 Å². The van der Waals surface area contributed by atoms with Crippen LogP contribution in [0.4, 0.5) is 23.7 Å². The topological polar surface area (TPSA) is 93.6 Å². The van der Waals surface area contributed by atoms with E-state index in [9.17, 15) is 32.3 Å². The first kappa shape index (κ1) is 27.8. The number of carbonyl (C=O) groups is 3. The van der Waals surface area contributed by atoms with Crippen LogP contribution in [0.3, 0.4) is 0 Å². The van der Waals surface area contributed by atoms with Gasteiger partial charge < -0.3 is 4.74 Å². The summed E-state index contributed by atoms with van der Waals surface area (Å²) >= 11 is 0. The molecule has 9 nitrogen and oxygen atoms in total. The van der Waals surface area contributed by atoms with E-state index < -0.39 is 42.1 Å². The number of urea groups is 1. The van der Waals surface area contributed by atoms with Gasteiger partial charge >= 0.3 is 29.8 Å². The Kier molecular flexibility index (Phi) is 7.24. The van der Waals surface area contributed by atoms with Gasteiger partial charge in [-0.2, -0.15) is 27.4 Å². The molecule has 0 saturated carbocycles. The van der Waals surface area contributed by atoms with Crippen LogP contribution in [0.5, 0.6) is 0 Å². The Balaban J connectivity index is 1.85. The molecule has 0 radical (unpaired) electrons. The van der Waals surface area contributed by atoms with E-state index in [1.165, 1.54) is 23.6 Å². The number of halogens is 3. The van der Waals surface area contributed by atoms with Crippen LogP contribution in [0.25, 0.3) is 11.0 Å². The van der Waals surface area contributed by atoms with Gasteiger partial charge in [0.25, 0.3) is 0 Å². The zero-order valence-corrected chi connectivity index (χ0v) is 22.1. The number of esters is 1. The summed E-state index contributed by atoms with van der Waals surface area (Å²) in [7, 11) is 1.62. The van der Waals surface area contributed by atoms with Crippen molar-refractivity contribution in [2.75, 3.05) is 6.61 Å². The lowest BCUT2D eigenvalue weighted by Crippen LogP contribution is -2.52. The van der Waals surface area contributed by atoms with Gasteiger partial charge in [-0.25, -0.2) is 9.59 Å². The zero-order valence-electron chi connectivity index (χ0n) is 22.1. The van der Waals surface area contributed by atoms with Gasteiger partial charge in [-0.1, -0.05) is 12.1 Å². The molecular formula is C27H28F3N4O5+. The molecule has 1 aromatic heterocycles. The van der Waals surface area contributed by atoms with E-state index in [1.54, 1.807) is 36.7 Å². The van der Waals surface area contributed by atoms with Crippen LogP contribution in [0, 0.1) is 12.8 Å². The summed E-state index contributed by atoms with van der Waals surface area (Å²) in [4.78, 5) is 53.2. The second kappa shape index (κ2) is 10.2. The third-order valence-corrected chi connectivity index (χ3v) is 6.76. The minimum absolute atomic E-state index is 0.0201. The maximum atomic E-state index is 13.6. The van der Waals surface area contributed by atoms with Gasteiger partial charge in [0, 0.05) is 19.2 Å². The second-order valence-electron chi connectivity index (χ2n) is 9.52. The Labute approximate surface area is 221 Å². The van der Waals surface area contributed by atoms with E-state index in [0.717, 1.165) is 21.8 Å². The SMILES string of the molecule is CCOC(=O)C1C=[N+](c2ccc3c(c2)n(C(C)C)c(=O)n3C)C(=O)N(Cc2cccc(C(F)(F)F)c2C)C1=O. The molecule has 1 atom stereocenters. The molecular weight excluding hydrogens is 517 g/mol. The summed E-state index contributed by atoms with van der Waals surface area (Å²) in [5.74, 6) is -3.32. The number of imide groups is 1. The highest BCUT2D eigenvalue weighted by Gasteiger charge is 2.48. The average Bonchev–Trinajstić information content (AvgIpc) is 3.11. The maximum Gasteiger partial charge on any atom is 0.505 e. The Morgan fingerprint density at radius 1 is 1.10 bits per heavy atom. The molecule has 0 fully saturated rings. The van der Waals surface area contributed by atoms with Crippen molar-refractivity contribution in [3.05, 3.63) is 63.6 Å². The van der Waals surface area contributed by atoms with Crippen molar-refractivity contribution in [2.24, 2.45) is 13.0 Å². The van der Waals surface area contributed by atoms with Crippen LogP contribution in [-0.2, 0) is 34.1 Å². The monoisotopic (exact) mass is 545 g/mol. The molecule has 206 valence electrons. The Morgan fingerprint density at radius 3 is 2.41 bits per heavy atom. The van der Waals surface area contributed by atoms with Crippen LogP contribution in [0.2, 0.25) is 0 Å². The average molecular weight is 546 g/mol. The van der Waals surface area contributed by atoms with Crippen molar-refractivity contribution in [1.82, 2.24) is 14.0 Å². The van der Waals surface area contributed by atoms with Crippen molar-refractivity contribution < 1.29 is 36.9 Å². The number of amides is 3. The number of hydrogen-bond donors (Lipinski definition) is 0. The number of alkyl halides is 3. The molecule has 3 aromatic rings. The number of ether oxygens (including phenoxy) is 1. The Morgan fingerprint density at radius 2 is 1.79 bits per heavy atom. The number of aromatic nitrogens is 2. The van der Waals surface area contributed by atoms with Gasteiger partial charge in [-0.05, 0) is 57.0 Å². The molecule has 0 N–H and O–H groups in total. The van der Waals surface area contributed by atoms with Gasteiger partial charge in [0.05, 0.1) is 23.2 Å². The van der Waals surface area contributed by atoms with Gasteiger partial charge in [0.1, 0.15) is 18.4 Å². The Bertz CT molecular complexity index is 1580. The second-order valence-corrected chi connectivity index (χ2v) is 9.52. The summed E-state index contributed by atoms with van der Waals surface area (Å²) in [5.41, 5.74) is 0.225. The number of benzene rings is 2. The fourth-order valence-corrected chi connectivity index (χ4v) is 4.74. The first-order valence-electron chi connectivity index (χ1n) is 12.3. The quantitative estimate of drug-likeness (QED) is 0.262. The molecule has 0 bridgehead atoms. The summed E-state index contributed by atoms with van der Waals surface area (Å²) in [6, 6.07) is 7.25. The number of nitrogens with zero attached hydrogens (tertiary/aromatic N) is 4. The lowest BCUT2D eigenvalue weighted by Gasteiger charge is -2.24. The number of imidazole rings is 1. The van der Waals surface area contributed by atoms with E-state index in [-0.39, 0.29) is 35.2 Å². The van der Waals surface area contributed by atoms with Crippen LogP contribution in [0.1, 0.15) is 43.5 Å². The van der Waals surface area contributed by atoms with Crippen molar-refractivity contribution in [3.63, 3.8) is 0 Å². The predicted molar refractivity (Wildman–Crippen MR) is 136 cm³/mol. The van der Waals surface area contributed by atoms with Crippen molar-refractivity contribution in [1.29, 1.82) is 0 Å². The number of carbonyl (C=O) groups excluding carboxylic acids is 3. The standard InChI is InChI=1S/C27H28F3N4O5/c1-6-39-24(36)19-14-32(18-10-11-21-22(12-18)34(15(2)3)25(37)31(21)5)26(38)33(23(19)35)13-17-8-7-9-20(16(17)4)27(28,29)30/h7-12,14-15,19H,6,13H2,1-5H3/q+1. The first-order chi connectivity index (χ1) is 18.3. The predicted octanol–water partition coefficient (Wildman–Crippen LogP) is 4.30. The summed E-state index contributed by atoms with van der Waals surface area (Å²) in [6.07, 6.45) is -3.49. The molecule has 3 amide bonds. The molecule has 1 aliphatic rings. The third-order valence-electron chi connectivity index (χ3n) is 6.76. The number of aryl methyl sites for hydroxylation is 1. The molecule has 0 spiro atoms. The van der Waals surface area contributed by atoms with Crippen LogP contribution in [-0.4, -0.2) is 49.3 Å². The summed E-state index contributed by atoms with van der Waals surface area (Å²) in [5, 5.41) is 0. The lowest BCUT2D eigenvalue weighted by molar-refractivity contribution is -0.344. The van der Waals surface area contributed by atoms with Crippen molar-refractivity contribution in [3.8, 4) is 0 Å². The molecule has 0 aliphatic carbocycles. The highest BCUT2D eigenvalue weighted by Crippen LogP contribution is 2.34. The summed E-state index contributed by atoms with van der Waals surface area (Å²) < 4.78 is 49.6. The van der Waals surface area contributed by atoms with E-state index in [2.05, 4.69) is 0 Å². The van der Waals surface area contributed by atoms with Gasteiger partial charge in [-0.15, -0.1) is 0 Å². The molecule has 39 heavy (non-hydrogen) atoms. The van der Waals surface area contributed by atoms with Gasteiger partial charge in [0.2, 0.25) is 5.92 Å². The lowest BCUT2D eigenvalue weighted by atomic mass is 10.0. The molecule has 0 saturated heterocycles. The van der Waals surface area contributed by atoms with Crippen LogP contribution < -0.4 is 5.69 Å². The fourth-order valence-electron chi connectivity index (χ4n) is 4.74. The highest BCUT2D eigenvalue weighted by atomic mass is 19.4. The molecule has 2 aromatic carbocycles. The minimum atomic E-state index is -4.62. The smallest absolute Gasteiger partial charge is 0.465 e. The van der Waals surface area contributed by atoms with Crippen molar-refractivity contribution >= 4 is 40.8 Å². The summed E-state index contributed by atoms with van der Waals surface area (Å²) in [6.45, 7) is 5.98. The fraction of sp³-hybridized carbons (Fsp3) is 0.370. The Hall–Kier alpha value is -4.22. The van der Waals surface area contributed by atoms with E-state index in [1.807, 2.05) is 13.8 Å². The molecule has 2 heterocycles. The third kappa shape index (κ3) is 4.86. The van der Waals surface area contributed by atoms with E-state index in [4.69, 9.17) is 4.74 Å². The van der Waals surface area contributed by atoms with E-state index >= 15 is 0 Å². The highest BCUT2D eigenvalue weighted by molar-refractivity contribution is 6.16. The number of fused-ring (bicyclic) bond motifs is 1. The maximum absolute atomic E-state index is 13.6. The normalized spacial score (nSPS) is 16.3. The largest absolute Gasteiger partial charge is 0.505 e. The van der Waals surface area contributed by atoms with E-state index in [0.29, 0.717) is 11.0 Å². The van der Waals surface area contributed by atoms with Crippen molar-refractivity contribution in [2.45, 2.75) is 46.5 Å². The van der Waals surface area contributed by atoms with Gasteiger partial charge in [-0.3, -0.25) is 13.9 Å².